The Balaban J connectivity index is 2.34. The number of anilines is 3. The van der Waals surface area contributed by atoms with Crippen molar-refractivity contribution in [2.24, 2.45) is 0 Å². The predicted octanol–water partition coefficient (Wildman–Crippen LogP) is 2.81. The maximum atomic E-state index is 11.7. The van der Waals surface area contributed by atoms with E-state index in [-0.39, 0.29) is 0 Å². The van der Waals surface area contributed by atoms with Crippen LogP contribution < -0.4 is 15.8 Å². The van der Waals surface area contributed by atoms with Gasteiger partial charge in [0.1, 0.15) is 5.75 Å². The lowest BCUT2D eigenvalue weighted by atomic mass is 10.1. The zero-order valence-electron chi connectivity index (χ0n) is 11.3. The Labute approximate surface area is 117 Å². The first-order valence-corrected chi connectivity index (χ1v) is 6.03. The summed E-state index contributed by atoms with van der Waals surface area (Å²) in [6.07, 6.45) is 0. The van der Waals surface area contributed by atoms with Crippen LogP contribution in [0, 0.1) is 0 Å². The molecule has 0 spiro atoms. The molecule has 5 nitrogen and oxygen atoms in total. The van der Waals surface area contributed by atoms with Gasteiger partial charge in [-0.2, -0.15) is 0 Å². The molecule has 0 aliphatic heterocycles. The molecule has 20 heavy (non-hydrogen) atoms. The number of ether oxygens (including phenoxy) is 2. The molecule has 3 N–H and O–H groups in total. The van der Waals surface area contributed by atoms with E-state index in [1.54, 1.807) is 25.3 Å². The number of hydrogen-bond donors (Lipinski definition) is 2. The standard InChI is InChI=1S/C15H16N2O3/c1-19-11-8-6-10(7-9-11)17-14-12(15(18)20-2)4-3-5-13(14)16/h3-9,17H,16H2,1-2H3. The van der Waals surface area contributed by atoms with Crippen LogP contribution in [0.3, 0.4) is 0 Å². The van der Waals surface area contributed by atoms with E-state index in [4.69, 9.17) is 15.2 Å². The third kappa shape index (κ3) is 2.83. The van der Waals surface area contributed by atoms with Crippen molar-refractivity contribution in [1.29, 1.82) is 0 Å². The van der Waals surface area contributed by atoms with Gasteiger partial charge in [-0.05, 0) is 36.4 Å². The van der Waals surface area contributed by atoms with Crippen LogP contribution in [-0.2, 0) is 4.74 Å². The first-order valence-electron chi connectivity index (χ1n) is 6.03. The van der Waals surface area contributed by atoms with E-state index < -0.39 is 5.97 Å². The van der Waals surface area contributed by atoms with Crippen molar-refractivity contribution in [3.05, 3.63) is 48.0 Å². The summed E-state index contributed by atoms with van der Waals surface area (Å²) in [5.41, 5.74) is 8.12. The minimum atomic E-state index is -0.437. The summed E-state index contributed by atoms with van der Waals surface area (Å²) in [6.45, 7) is 0. The molecule has 0 aliphatic carbocycles. The first-order chi connectivity index (χ1) is 9.65. The third-order valence-electron chi connectivity index (χ3n) is 2.86. The average molecular weight is 272 g/mol. The number of methoxy groups -OCH3 is 2. The summed E-state index contributed by atoms with van der Waals surface area (Å²) in [5.74, 6) is 0.318. The summed E-state index contributed by atoms with van der Waals surface area (Å²) in [5, 5.41) is 3.13. The zero-order valence-corrected chi connectivity index (χ0v) is 11.3. The number of rotatable bonds is 4. The van der Waals surface area contributed by atoms with Crippen LogP contribution in [0.2, 0.25) is 0 Å². The van der Waals surface area contributed by atoms with Gasteiger partial charge in [0, 0.05) is 5.69 Å². The van der Waals surface area contributed by atoms with Crippen LogP contribution in [0.15, 0.2) is 42.5 Å². The molecule has 0 fully saturated rings. The lowest BCUT2D eigenvalue weighted by molar-refractivity contribution is 0.0602. The minimum absolute atomic E-state index is 0.392. The van der Waals surface area contributed by atoms with Gasteiger partial charge in [0.25, 0.3) is 0 Å². The molecule has 0 radical (unpaired) electrons. The van der Waals surface area contributed by atoms with E-state index in [1.165, 1.54) is 7.11 Å². The molecule has 0 amide bonds. The summed E-state index contributed by atoms with van der Waals surface area (Å²) >= 11 is 0. The monoisotopic (exact) mass is 272 g/mol. The van der Waals surface area contributed by atoms with Crippen molar-refractivity contribution < 1.29 is 14.3 Å². The maximum Gasteiger partial charge on any atom is 0.340 e. The molecule has 0 heterocycles. The van der Waals surface area contributed by atoms with Crippen molar-refractivity contribution >= 4 is 23.0 Å². The normalized spacial score (nSPS) is 9.90. The van der Waals surface area contributed by atoms with E-state index in [9.17, 15) is 4.79 Å². The number of nitrogens with two attached hydrogens (primary N) is 1. The lowest BCUT2D eigenvalue weighted by Gasteiger charge is -2.13. The van der Waals surface area contributed by atoms with Crippen LogP contribution in [0.4, 0.5) is 17.1 Å². The van der Waals surface area contributed by atoms with Crippen LogP contribution in [0.5, 0.6) is 5.75 Å². The number of para-hydroxylation sites is 1. The molecule has 2 aromatic carbocycles. The summed E-state index contributed by atoms with van der Waals surface area (Å²) in [6, 6.07) is 12.4. The second-order valence-electron chi connectivity index (χ2n) is 4.11. The molecule has 0 bridgehead atoms. The van der Waals surface area contributed by atoms with Gasteiger partial charge in [0.2, 0.25) is 0 Å². The Hall–Kier alpha value is -2.69. The van der Waals surface area contributed by atoms with E-state index in [0.717, 1.165) is 11.4 Å². The van der Waals surface area contributed by atoms with Crippen molar-refractivity contribution in [3.8, 4) is 5.75 Å². The van der Waals surface area contributed by atoms with Crippen molar-refractivity contribution in [1.82, 2.24) is 0 Å². The number of benzene rings is 2. The number of esters is 1. The summed E-state index contributed by atoms with van der Waals surface area (Å²) in [7, 11) is 2.94. The maximum absolute atomic E-state index is 11.7. The molecule has 0 saturated carbocycles. The number of hydrogen-bond acceptors (Lipinski definition) is 5. The van der Waals surface area contributed by atoms with Gasteiger partial charge in [0.05, 0.1) is 31.2 Å². The molecular formula is C15H16N2O3. The Bertz CT molecular complexity index is 609. The fourth-order valence-electron chi connectivity index (χ4n) is 1.81. The quantitative estimate of drug-likeness (QED) is 0.661. The molecule has 0 atom stereocenters. The molecule has 104 valence electrons. The highest BCUT2D eigenvalue weighted by atomic mass is 16.5. The highest BCUT2D eigenvalue weighted by Crippen LogP contribution is 2.28. The zero-order chi connectivity index (χ0) is 14.5. The smallest absolute Gasteiger partial charge is 0.340 e. The van der Waals surface area contributed by atoms with E-state index in [1.807, 2.05) is 24.3 Å². The Morgan fingerprint density at radius 1 is 1.10 bits per heavy atom. The van der Waals surface area contributed by atoms with Gasteiger partial charge in [-0.3, -0.25) is 0 Å². The molecule has 0 aromatic heterocycles. The van der Waals surface area contributed by atoms with Gasteiger partial charge >= 0.3 is 5.97 Å². The van der Waals surface area contributed by atoms with Crippen molar-refractivity contribution in [2.45, 2.75) is 0 Å². The average Bonchev–Trinajstić information content (AvgIpc) is 2.49. The molecule has 2 rings (SSSR count). The minimum Gasteiger partial charge on any atom is -0.497 e. The highest BCUT2D eigenvalue weighted by molar-refractivity contribution is 5.99. The summed E-state index contributed by atoms with van der Waals surface area (Å²) in [4.78, 5) is 11.7. The Morgan fingerprint density at radius 3 is 2.40 bits per heavy atom. The van der Waals surface area contributed by atoms with E-state index in [2.05, 4.69) is 5.32 Å². The number of carbonyl (C=O) groups is 1. The highest BCUT2D eigenvalue weighted by Gasteiger charge is 2.14. The molecular weight excluding hydrogens is 256 g/mol. The molecule has 2 aromatic rings. The third-order valence-corrected chi connectivity index (χ3v) is 2.86. The molecule has 0 unspecified atom stereocenters. The van der Waals surface area contributed by atoms with Gasteiger partial charge in [0.15, 0.2) is 0 Å². The van der Waals surface area contributed by atoms with Crippen LogP contribution in [-0.4, -0.2) is 20.2 Å². The first kappa shape index (κ1) is 13.7. The lowest BCUT2D eigenvalue weighted by Crippen LogP contribution is -2.07. The largest absolute Gasteiger partial charge is 0.497 e. The Kier molecular flexibility index (Phi) is 4.10. The SMILES string of the molecule is COC(=O)c1cccc(N)c1Nc1ccc(OC)cc1. The van der Waals surface area contributed by atoms with E-state index in [0.29, 0.717) is 16.9 Å². The van der Waals surface area contributed by atoms with Gasteiger partial charge in [-0.15, -0.1) is 0 Å². The molecule has 5 heteroatoms. The van der Waals surface area contributed by atoms with Crippen molar-refractivity contribution in [3.63, 3.8) is 0 Å². The fourth-order valence-corrected chi connectivity index (χ4v) is 1.81. The molecule has 0 saturated heterocycles. The van der Waals surface area contributed by atoms with Gasteiger partial charge < -0.3 is 20.5 Å². The second kappa shape index (κ2) is 5.97. The van der Waals surface area contributed by atoms with Crippen LogP contribution >= 0.6 is 0 Å². The predicted molar refractivity (Wildman–Crippen MR) is 78.5 cm³/mol. The van der Waals surface area contributed by atoms with Crippen LogP contribution in [0.1, 0.15) is 10.4 Å². The fraction of sp³-hybridized carbons (Fsp3) is 0.133. The number of carbonyl (C=O) groups excluding carboxylic acids is 1. The topological polar surface area (TPSA) is 73.6 Å². The van der Waals surface area contributed by atoms with Crippen LogP contribution in [0.25, 0.3) is 0 Å². The van der Waals surface area contributed by atoms with Gasteiger partial charge in [-0.25, -0.2) is 4.79 Å². The summed E-state index contributed by atoms with van der Waals surface area (Å²) < 4.78 is 9.85. The number of nitrogens with one attached hydrogen (secondary N) is 1. The second-order valence-corrected chi connectivity index (χ2v) is 4.11. The van der Waals surface area contributed by atoms with Crippen molar-refractivity contribution in [2.75, 3.05) is 25.3 Å². The van der Waals surface area contributed by atoms with E-state index >= 15 is 0 Å². The van der Waals surface area contributed by atoms with Gasteiger partial charge in [-0.1, -0.05) is 6.07 Å². The Morgan fingerprint density at radius 2 is 1.80 bits per heavy atom. The number of nitrogen functional groups attached to an aromatic ring is 1. The molecule has 0 aliphatic rings.